The molecule has 3 heterocycles. The summed E-state index contributed by atoms with van der Waals surface area (Å²) in [7, 11) is 0. The minimum atomic E-state index is -0.509. The van der Waals surface area contributed by atoms with Gasteiger partial charge in [-0.2, -0.15) is 0 Å². The second kappa shape index (κ2) is 13.6. The Morgan fingerprint density at radius 3 is 2.12 bits per heavy atom. The Bertz CT molecular complexity index is 1480. The maximum atomic E-state index is 13.0. The summed E-state index contributed by atoms with van der Waals surface area (Å²) in [6.45, 7) is 4.96. The smallest absolute Gasteiger partial charge is 0.256 e. The fourth-order valence-electron chi connectivity index (χ4n) is 5.80. The Balaban J connectivity index is 1.13. The number of benzene rings is 2. The molecule has 43 heavy (non-hydrogen) atoms. The van der Waals surface area contributed by atoms with Crippen LogP contribution in [0.1, 0.15) is 66.6 Å². The van der Waals surface area contributed by atoms with Crippen LogP contribution in [-0.2, 0) is 20.8 Å². The number of nitrogens with one attached hydrogen (secondary N) is 1. The van der Waals surface area contributed by atoms with Gasteiger partial charge in [0.25, 0.3) is 5.91 Å². The standard InChI is InChI=1S/C35H38N4O4/c1-24(2)34(42)38-20-4-7-30(38)32(40)22-27-13-11-25(12-14-27)9-10-26-15-17-29(18-16-26)37-33(41)31-8-5-21-39(31)35(43)28-6-3-19-36-23-28/h3,6,9-19,23-24,30-31H,4-5,7-8,20-22H2,1-2H3,(H,37,41)/b10-9+/t30-,31-/m0/s1. The lowest BCUT2D eigenvalue weighted by Gasteiger charge is -2.25. The van der Waals surface area contributed by atoms with E-state index in [-0.39, 0.29) is 35.5 Å². The summed E-state index contributed by atoms with van der Waals surface area (Å²) < 4.78 is 0. The van der Waals surface area contributed by atoms with Crippen molar-refractivity contribution in [2.75, 3.05) is 18.4 Å². The molecule has 2 atom stereocenters. The summed E-state index contributed by atoms with van der Waals surface area (Å²) in [4.78, 5) is 58.8. The van der Waals surface area contributed by atoms with Gasteiger partial charge in [0.05, 0.1) is 11.6 Å². The van der Waals surface area contributed by atoms with Crippen molar-refractivity contribution < 1.29 is 19.2 Å². The Morgan fingerprint density at radius 1 is 0.860 bits per heavy atom. The second-order valence-corrected chi connectivity index (χ2v) is 11.6. The molecule has 222 valence electrons. The van der Waals surface area contributed by atoms with E-state index in [0.29, 0.717) is 37.2 Å². The molecule has 2 saturated heterocycles. The van der Waals surface area contributed by atoms with E-state index in [1.807, 2.05) is 74.5 Å². The highest BCUT2D eigenvalue weighted by Crippen LogP contribution is 2.24. The minimum absolute atomic E-state index is 0.0560. The lowest BCUT2D eigenvalue weighted by atomic mass is 10.00. The molecule has 0 radical (unpaired) electrons. The number of amides is 3. The van der Waals surface area contributed by atoms with E-state index in [1.54, 1.807) is 28.1 Å². The molecule has 8 heteroatoms. The normalized spacial score (nSPS) is 18.4. The van der Waals surface area contributed by atoms with Crippen LogP contribution >= 0.6 is 0 Å². The summed E-state index contributed by atoms with van der Waals surface area (Å²) in [6.07, 6.45) is 10.5. The molecule has 0 bridgehead atoms. The lowest BCUT2D eigenvalue weighted by molar-refractivity contribution is -0.139. The fourth-order valence-corrected chi connectivity index (χ4v) is 5.80. The largest absolute Gasteiger partial charge is 0.332 e. The van der Waals surface area contributed by atoms with E-state index in [9.17, 15) is 19.2 Å². The summed E-state index contributed by atoms with van der Waals surface area (Å²) in [6, 6.07) is 18.1. The van der Waals surface area contributed by atoms with Crippen LogP contribution in [0.5, 0.6) is 0 Å². The fraction of sp³-hybridized carbons (Fsp3) is 0.343. The number of anilines is 1. The number of ketones is 1. The number of pyridine rings is 1. The van der Waals surface area contributed by atoms with E-state index in [1.165, 1.54) is 6.20 Å². The van der Waals surface area contributed by atoms with E-state index < -0.39 is 6.04 Å². The molecule has 2 aromatic carbocycles. The van der Waals surface area contributed by atoms with Gasteiger partial charge >= 0.3 is 0 Å². The molecule has 0 aliphatic carbocycles. The van der Waals surface area contributed by atoms with Gasteiger partial charge in [-0.05, 0) is 66.6 Å². The summed E-state index contributed by atoms with van der Waals surface area (Å²) in [5.74, 6) is -0.316. The molecule has 2 aliphatic rings. The first-order chi connectivity index (χ1) is 20.8. The number of Topliss-reactive ketones (excluding diaryl/α,β-unsaturated/α-hetero) is 1. The van der Waals surface area contributed by atoms with Gasteiger partial charge in [0.15, 0.2) is 5.78 Å². The second-order valence-electron chi connectivity index (χ2n) is 11.6. The number of rotatable bonds is 9. The molecule has 5 rings (SSSR count). The third-order valence-electron chi connectivity index (χ3n) is 8.13. The maximum absolute atomic E-state index is 13.0. The molecule has 0 saturated carbocycles. The summed E-state index contributed by atoms with van der Waals surface area (Å²) in [5, 5.41) is 2.96. The zero-order valence-electron chi connectivity index (χ0n) is 24.7. The van der Waals surface area contributed by atoms with Crippen molar-refractivity contribution in [3.8, 4) is 0 Å². The molecule has 2 fully saturated rings. The van der Waals surface area contributed by atoms with Crippen LogP contribution in [0, 0.1) is 5.92 Å². The molecule has 1 aromatic heterocycles. The van der Waals surface area contributed by atoms with Crippen molar-refractivity contribution in [3.63, 3.8) is 0 Å². The molecule has 8 nitrogen and oxygen atoms in total. The van der Waals surface area contributed by atoms with Crippen molar-refractivity contribution in [2.45, 2.75) is 58.0 Å². The van der Waals surface area contributed by atoms with Crippen LogP contribution in [0.25, 0.3) is 12.2 Å². The summed E-state index contributed by atoms with van der Waals surface area (Å²) >= 11 is 0. The van der Waals surface area contributed by atoms with Gasteiger partial charge in [-0.15, -0.1) is 0 Å². The highest BCUT2D eigenvalue weighted by atomic mass is 16.2. The van der Waals surface area contributed by atoms with Crippen LogP contribution in [-0.4, -0.2) is 63.5 Å². The van der Waals surface area contributed by atoms with Crippen LogP contribution in [0.3, 0.4) is 0 Å². The number of likely N-dealkylation sites (tertiary alicyclic amines) is 2. The first kappa shape index (κ1) is 29.9. The molecular formula is C35H38N4O4. The quantitative estimate of drug-likeness (QED) is 0.350. The number of aromatic nitrogens is 1. The molecule has 0 unspecified atom stereocenters. The van der Waals surface area contributed by atoms with Gasteiger partial charge < -0.3 is 15.1 Å². The topological polar surface area (TPSA) is 99.7 Å². The number of hydrogen-bond acceptors (Lipinski definition) is 5. The molecular weight excluding hydrogens is 540 g/mol. The highest BCUT2D eigenvalue weighted by molar-refractivity contribution is 6.01. The Labute approximate surface area is 252 Å². The van der Waals surface area contributed by atoms with Gasteiger partial charge in [-0.3, -0.25) is 24.2 Å². The molecule has 3 amide bonds. The predicted octanol–water partition coefficient (Wildman–Crippen LogP) is 5.25. The average molecular weight is 579 g/mol. The van der Waals surface area contributed by atoms with Crippen molar-refractivity contribution in [2.24, 2.45) is 5.92 Å². The van der Waals surface area contributed by atoms with Crippen LogP contribution in [0.4, 0.5) is 5.69 Å². The van der Waals surface area contributed by atoms with Gasteiger partial charge in [-0.25, -0.2) is 0 Å². The first-order valence-corrected chi connectivity index (χ1v) is 15.0. The monoisotopic (exact) mass is 578 g/mol. The predicted molar refractivity (Wildman–Crippen MR) is 167 cm³/mol. The van der Waals surface area contributed by atoms with E-state index in [0.717, 1.165) is 36.0 Å². The van der Waals surface area contributed by atoms with Crippen LogP contribution in [0.2, 0.25) is 0 Å². The number of nitrogens with zero attached hydrogens (tertiary/aromatic N) is 3. The van der Waals surface area contributed by atoms with E-state index in [4.69, 9.17) is 0 Å². The zero-order chi connectivity index (χ0) is 30.3. The highest BCUT2D eigenvalue weighted by Gasteiger charge is 2.35. The third kappa shape index (κ3) is 7.25. The molecule has 1 N–H and O–H groups in total. The molecule has 3 aromatic rings. The third-order valence-corrected chi connectivity index (χ3v) is 8.13. The summed E-state index contributed by atoms with van der Waals surface area (Å²) in [5.41, 5.74) is 4.08. The van der Waals surface area contributed by atoms with Crippen LogP contribution in [0.15, 0.2) is 73.1 Å². The molecule has 2 aliphatic heterocycles. The Kier molecular flexibility index (Phi) is 9.45. The van der Waals surface area contributed by atoms with Gasteiger partial charge in [-0.1, -0.05) is 62.4 Å². The van der Waals surface area contributed by atoms with Crippen molar-refractivity contribution in [1.82, 2.24) is 14.8 Å². The van der Waals surface area contributed by atoms with Crippen molar-refractivity contribution in [3.05, 3.63) is 95.3 Å². The average Bonchev–Trinajstić information content (AvgIpc) is 3.72. The van der Waals surface area contributed by atoms with Crippen molar-refractivity contribution >= 4 is 41.3 Å². The minimum Gasteiger partial charge on any atom is -0.332 e. The van der Waals surface area contributed by atoms with Crippen molar-refractivity contribution in [1.29, 1.82) is 0 Å². The number of hydrogen-bond donors (Lipinski definition) is 1. The zero-order valence-corrected chi connectivity index (χ0v) is 24.7. The Hall–Kier alpha value is -4.59. The number of carbonyl (C=O) groups excluding carboxylic acids is 4. The van der Waals surface area contributed by atoms with Gasteiger partial charge in [0, 0.05) is 43.5 Å². The van der Waals surface area contributed by atoms with E-state index in [2.05, 4.69) is 10.3 Å². The maximum Gasteiger partial charge on any atom is 0.256 e. The van der Waals surface area contributed by atoms with Crippen LogP contribution < -0.4 is 5.32 Å². The Morgan fingerprint density at radius 2 is 1.49 bits per heavy atom. The SMILES string of the molecule is CC(C)C(=O)N1CCC[C@H]1C(=O)Cc1ccc(/C=C/c2ccc(NC(=O)[C@@H]3CCCN3C(=O)c3cccnc3)cc2)cc1. The lowest BCUT2D eigenvalue weighted by Crippen LogP contribution is -2.43. The number of carbonyl (C=O) groups is 4. The van der Waals surface area contributed by atoms with Gasteiger partial charge in [0.1, 0.15) is 6.04 Å². The first-order valence-electron chi connectivity index (χ1n) is 15.0. The van der Waals surface area contributed by atoms with Gasteiger partial charge in [0.2, 0.25) is 11.8 Å². The van der Waals surface area contributed by atoms with E-state index >= 15 is 0 Å². The molecule has 0 spiro atoms.